The zero-order chi connectivity index (χ0) is 26.1. The highest BCUT2D eigenvalue weighted by Gasteiger charge is 2.15. The molecule has 1 aliphatic rings. The van der Waals surface area contributed by atoms with Gasteiger partial charge in [0.15, 0.2) is 5.78 Å². The van der Waals surface area contributed by atoms with Crippen LogP contribution in [0.4, 0.5) is 14.5 Å². The maximum atomic E-state index is 14.4. The van der Waals surface area contributed by atoms with Gasteiger partial charge in [-0.05, 0) is 76.0 Å². The highest BCUT2D eigenvalue weighted by Crippen LogP contribution is 2.32. The van der Waals surface area contributed by atoms with Crippen molar-refractivity contribution in [1.82, 2.24) is 9.88 Å². The summed E-state index contributed by atoms with van der Waals surface area (Å²) in [5.41, 5.74) is 8.21. The van der Waals surface area contributed by atoms with Gasteiger partial charge in [0.25, 0.3) is 0 Å². The number of halogens is 2. The number of ketones is 1. The van der Waals surface area contributed by atoms with E-state index < -0.39 is 11.6 Å². The highest BCUT2D eigenvalue weighted by molar-refractivity contribution is 6.07. The number of anilines is 1. The Morgan fingerprint density at radius 3 is 2.29 bits per heavy atom. The molecule has 35 heavy (non-hydrogen) atoms. The lowest BCUT2D eigenvalue weighted by Crippen LogP contribution is -2.23. The number of carbonyl (C=O) groups is 1. The third-order valence-electron chi connectivity index (χ3n) is 6.08. The fourth-order valence-electron chi connectivity index (χ4n) is 4.51. The number of hydrogen-bond acceptors (Lipinski definition) is 4. The fraction of sp³-hybridized carbons (Fsp3) is 0.448. The zero-order valence-electron chi connectivity index (χ0n) is 21.9. The topological polar surface area (TPSA) is 59.2 Å². The van der Waals surface area contributed by atoms with Crippen LogP contribution in [-0.4, -0.2) is 36.3 Å². The predicted octanol–water partition coefficient (Wildman–Crippen LogP) is 7.43. The molecule has 0 spiro atoms. The number of rotatable bonds is 4. The minimum absolute atomic E-state index is 0.217. The van der Waals surface area contributed by atoms with Gasteiger partial charge in [0.2, 0.25) is 0 Å². The molecule has 1 heterocycles. The van der Waals surface area contributed by atoms with Gasteiger partial charge < -0.3 is 10.6 Å². The van der Waals surface area contributed by atoms with Crippen LogP contribution >= 0.6 is 0 Å². The van der Waals surface area contributed by atoms with Crippen molar-refractivity contribution in [3.05, 3.63) is 59.3 Å². The zero-order valence-corrected chi connectivity index (χ0v) is 21.9. The van der Waals surface area contributed by atoms with Crippen molar-refractivity contribution in [2.75, 3.05) is 26.4 Å². The Morgan fingerprint density at radius 2 is 1.71 bits per heavy atom. The second kappa shape index (κ2) is 13.3. The summed E-state index contributed by atoms with van der Waals surface area (Å²) >= 11 is 0. The minimum Gasteiger partial charge on any atom is -0.398 e. The molecule has 6 heteroatoms. The molecule has 0 aliphatic heterocycles. The summed E-state index contributed by atoms with van der Waals surface area (Å²) in [5, 5.41) is 0.469. The van der Waals surface area contributed by atoms with E-state index in [0.29, 0.717) is 22.0 Å². The van der Waals surface area contributed by atoms with Gasteiger partial charge in [-0.25, -0.2) is 8.78 Å². The van der Waals surface area contributed by atoms with Crippen LogP contribution in [0.25, 0.3) is 22.0 Å². The summed E-state index contributed by atoms with van der Waals surface area (Å²) in [6.45, 7) is 8.43. The van der Waals surface area contributed by atoms with Gasteiger partial charge in [-0.3, -0.25) is 9.78 Å². The molecule has 0 atom stereocenters. The molecule has 0 saturated heterocycles. The van der Waals surface area contributed by atoms with Gasteiger partial charge in [-0.1, -0.05) is 39.2 Å². The highest BCUT2D eigenvalue weighted by atomic mass is 19.1. The van der Waals surface area contributed by atoms with Crippen LogP contribution in [0.3, 0.4) is 0 Å². The number of benzene rings is 2. The van der Waals surface area contributed by atoms with E-state index in [9.17, 15) is 13.6 Å². The van der Waals surface area contributed by atoms with Crippen molar-refractivity contribution in [3.63, 3.8) is 0 Å². The largest absolute Gasteiger partial charge is 0.398 e. The van der Waals surface area contributed by atoms with Crippen molar-refractivity contribution in [2.45, 2.75) is 59.8 Å². The van der Waals surface area contributed by atoms with E-state index in [4.69, 9.17) is 5.73 Å². The number of pyridine rings is 1. The average molecular weight is 484 g/mol. The molecule has 1 fully saturated rings. The van der Waals surface area contributed by atoms with Gasteiger partial charge in [0.1, 0.15) is 11.6 Å². The van der Waals surface area contributed by atoms with E-state index >= 15 is 0 Å². The third kappa shape index (κ3) is 7.82. The van der Waals surface area contributed by atoms with Crippen molar-refractivity contribution in [2.24, 2.45) is 5.92 Å². The molecular formula is C29H39F2N3O. The molecule has 1 saturated carbocycles. The first-order valence-corrected chi connectivity index (χ1v) is 12.5. The number of aryl methyl sites for hydroxylation is 1. The van der Waals surface area contributed by atoms with Crippen LogP contribution in [0.1, 0.15) is 68.8 Å². The molecule has 1 aromatic heterocycles. The Hall–Kier alpha value is -2.86. The van der Waals surface area contributed by atoms with Gasteiger partial charge in [0, 0.05) is 29.8 Å². The smallest absolute Gasteiger partial charge is 0.163 e. The molecule has 2 N–H and O–H groups in total. The van der Waals surface area contributed by atoms with E-state index in [1.165, 1.54) is 76.0 Å². The summed E-state index contributed by atoms with van der Waals surface area (Å²) in [5.74, 6) is -0.179. The SMILES string of the molecule is CC.CC(=O)c1cnc2cc(F)c(-c3cc(C)cc(F)c3)cc2c1N.CN(C)CC1CCCCC1. The first kappa shape index (κ1) is 28.4. The Labute approximate surface area is 208 Å². The molecule has 4 nitrogen and oxygen atoms in total. The molecular weight excluding hydrogens is 444 g/mol. The van der Waals surface area contributed by atoms with E-state index in [-0.39, 0.29) is 22.6 Å². The molecule has 0 radical (unpaired) electrons. The van der Waals surface area contributed by atoms with Crippen molar-refractivity contribution in [1.29, 1.82) is 0 Å². The molecule has 190 valence electrons. The first-order chi connectivity index (χ1) is 16.7. The summed E-state index contributed by atoms with van der Waals surface area (Å²) in [4.78, 5) is 18.0. The number of carbonyl (C=O) groups excluding carboxylic acids is 1. The Bertz CT molecular complexity index is 1120. The van der Waals surface area contributed by atoms with Crippen molar-refractivity contribution in [3.8, 4) is 11.1 Å². The molecule has 2 aromatic carbocycles. The minimum atomic E-state index is -0.523. The molecule has 4 rings (SSSR count). The maximum Gasteiger partial charge on any atom is 0.163 e. The van der Waals surface area contributed by atoms with Crippen LogP contribution in [0.5, 0.6) is 0 Å². The second-order valence-electron chi connectivity index (χ2n) is 9.27. The Morgan fingerprint density at radius 1 is 1.06 bits per heavy atom. The van der Waals surface area contributed by atoms with Gasteiger partial charge in [-0.2, -0.15) is 0 Å². The lowest BCUT2D eigenvalue weighted by atomic mass is 9.89. The van der Waals surface area contributed by atoms with E-state index in [2.05, 4.69) is 24.0 Å². The second-order valence-corrected chi connectivity index (χ2v) is 9.27. The monoisotopic (exact) mass is 483 g/mol. The molecule has 0 unspecified atom stereocenters. The van der Waals surface area contributed by atoms with Crippen LogP contribution in [0.2, 0.25) is 0 Å². The predicted molar refractivity (Wildman–Crippen MR) is 143 cm³/mol. The van der Waals surface area contributed by atoms with Gasteiger partial charge in [0.05, 0.1) is 16.8 Å². The number of nitrogens with zero attached hydrogens (tertiary/aromatic N) is 2. The molecule has 0 amide bonds. The first-order valence-electron chi connectivity index (χ1n) is 12.5. The number of Topliss-reactive ketones (excluding diaryl/α,β-unsaturated/α-hetero) is 1. The maximum absolute atomic E-state index is 14.4. The molecule has 1 aliphatic carbocycles. The van der Waals surface area contributed by atoms with Crippen LogP contribution in [0.15, 0.2) is 36.5 Å². The number of hydrogen-bond donors (Lipinski definition) is 1. The fourth-order valence-corrected chi connectivity index (χ4v) is 4.51. The summed E-state index contributed by atoms with van der Waals surface area (Å²) in [7, 11) is 4.35. The van der Waals surface area contributed by atoms with Gasteiger partial charge >= 0.3 is 0 Å². The Kier molecular flexibility index (Phi) is 10.8. The quantitative estimate of drug-likeness (QED) is 0.392. The van der Waals surface area contributed by atoms with E-state index in [1.54, 1.807) is 13.0 Å². The molecule has 0 bridgehead atoms. The number of nitrogen functional groups attached to an aromatic ring is 1. The molecule has 3 aromatic rings. The normalized spacial score (nSPS) is 13.6. The summed E-state index contributed by atoms with van der Waals surface area (Å²) in [6, 6.07) is 7.06. The van der Waals surface area contributed by atoms with Crippen LogP contribution in [0, 0.1) is 24.5 Å². The number of nitrogens with two attached hydrogens (primary N) is 1. The van der Waals surface area contributed by atoms with E-state index in [0.717, 1.165) is 5.92 Å². The number of aromatic nitrogens is 1. The lowest BCUT2D eigenvalue weighted by molar-refractivity contribution is 0.101. The Balaban J connectivity index is 0.000000302. The van der Waals surface area contributed by atoms with E-state index in [1.807, 2.05) is 13.8 Å². The number of fused-ring (bicyclic) bond motifs is 1. The van der Waals surface area contributed by atoms with Crippen LogP contribution in [-0.2, 0) is 0 Å². The lowest BCUT2D eigenvalue weighted by Gasteiger charge is -2.24. The summed E-state index contributed by atoms with van der Waals surface area (Å²) in [6.07, 6.45) is 8.70. The van der Waals surface area contributed by atoms with Crippen LogP contribution < -0.4 is 5.73 Å². The third-order valence-corrected chi connectivity index (χ3v) is 6.08. The van der Waals surface area contributed by atoms with Crippen molar-refractivity contribution < 1.29 is 13.6 Å². The van der Waals surface area contributed by atoms with Crippen molar-refractivity contribution >= 4 is 22.4 Å². The average Bonchev–Trinajstić information content (AvgIpc) is 2.80. The van der Waals surface area contributed by atoms with Gasteiger partial charge in [-0.15, -0.1) is 0 Å². The standard InChI is InChI=1S/C18H14F2N2O.C9H19N.C2H6/c1-9-3-11(5-12(19)4-9)13-6-14-17(7-16(13)20)22-8-15(10(2)23)18(14)21;1-10(2)8-9-6-4-3-5-7-9;1-2/h3-8H,1-2H3,(H2,21,22);9H,3-8H2,1-2H3;1-2H3. The summed E-state index contributed by atoms with van der Waals surface area (Å²) < 4.78 is 28.0.